The average Bonchev–Trinajstić information content (AvgIpc) is 2.60. The molecule has 0 bridgehead atoms. The lowest BCUT2D eigenvalue weighted by Gasteiger charge is -2.20. The number of halogens is 1. The van der Waals surface area contributed by atoms with Gasteiger partial charge in [0.2, 0.25) is 5.91 Å². The first kappa shape index (κ1) is 13.9. The van der Waals surface area contributed by atoms with Crippen molar-refractivity contribution in [3.05, 3.63) is 23.0 Å². The van der Waals surface area contributed by atoms with Crippen LogP contribution < -0.4 is 5.32 Å². The van der Waals surface area contributed by atoms with Crippen LogP contribution in [-0.2, 0) is 11.3 Å². The third-order valence-corrected chi connectivity index (χ3v) is 3.35. The summed E-state index contributed by atoms with van der Waals surface area (Å²) in [5.41, 5.74) is 0.598. The Hall–Kier alpha value is -1.49. The normalized spacial score (nSPS) is 16.1. The van der Waals surface area contributed by atoms with E-state index in [2.05, 4.69) is 12.2 Å². The Kier molecular flexibility index (Phi) is 4.47. The maximum Gasteiger partial charge on any atom is 0.270 e. The van der Waals surface area contributed by atoms with Crippen molar-refractivity contribution in [1.82, 2.24) is 14.8 Å². The molecule has 0 saturated carbocycles. The first-order chi connectivity index (χ1) is 9.11. The van der Waals surface area contributed by atoms with Crippen LogP contribution in [0.1, 0.15) is 30.3 Å². The van der Waals surface area contributed by atoms with E-state index in [9.17, 15) is 9.59 Å². The number of amides is 2. The Labute approximate surface area is 117 Å². The van der Waals surface area contributed by atoms with Crippen LogP contribution >= 0.6 is 11.6 Å². The highest BCUT2D eigenvalue weighted by atomic mass is 35.5. The molecule has 19 heavy (non-hydrogen) atoms. The number of hydrogen-bond acceptors (Lipinski definition) is 2. The molecule has 1 aliphatic rings. The second-order valence-electron chi connectivity index (χ2n) is 4.63. The molecule has 1 N–H and O–H groups in total. The van der Waals surface area contributed by atoms with Gasteiger partial charge in [0.05, 0.1) is 5.02 Å². The van der Waals surface area contributed by atoms with Crippen LogP contribution in [0.25, 0.3) is 0 Å². The standard InChI is InChI=1S/C13H18ClN3O2/c1-2-5-17-9-10(14)8-11(17)13(19)16-6-3-12(18)15-4-7-16/h8-9H,2-7H2,1H3,(H,15,18). The van der Waals surface area contributed by atoms with Gasteiger partial charge in [0.25, 0.3) is 5.91 Å². The van der Waals surface area contributed by atoms with Gasteiger partial charge >= 0.3 is 0 Å². The van der Waals surface area contributed by atoms with Crippen molar-refractivity contribution in [3.63, 3.8) is 0 Å². The second kappa shape index (κ2) is 6.10. The van der Waals surface area contributed by atoms with Crippen molar-refractivity contribution in [2.24, 2.45) is 0 Å². The number of nitrogens with one attached hydrogen (secondary N) is 1. The van der Waals surface area contributed by atoms with E-state index in [1.165, 1.54) is 0 Å². The van der Waals surface area contributed by atoms with Gasteiger partial charge in [0.15, 0.2) is 0 Å². The van der Waals surface area contributed by atoms with Crippen LogP contribution in [-0.4, -0.2) is 40.9 Å². The number of carbonyl (C=O) groups is 2. The highest BCUT2D eigenvalue weighted by Gasteiger charge is 2.22. The zero-order valence-electron chi connectivity index (χ0n) is 11.0. The Morgan fingerprint density at radius 3 is 3.00 bits per heavy atom. The summed E-state index contributed by atoms with van der Waals surface area (Å²) in [4.78, 5) is 25.5. The molecule has 1 aromatic rings. The molecule has 1 fully saturated rings. The molecular formula is C13H18ClN3O2. The predicted molar refractivity (Wildman–Crippen MR) is 73.3 cm³/mol. The first-order valence-electron chi connectivity index (χ1n) is 6.53. The molecule has 1 saturated heterocycles. The number of hydrogen-bond donors (Lipinski definition) is 1. The first-order valence-corrected chi connectivity index (χ1v) is 6.91. The lowest BCUT2D eigenvalue weighted by molar-refractivity contribution is -0.120. The van der Waals surface area contributed by atoms with Gasteiger partial charge in [0.1, 0.15) is 5.69 Å². The quantitative estimate of drug-likeness (QED) is 0.914. The van der Waals surface area contributed by atoms with E-state index in [1.54, 1.807) is 17.2 Å². The van der Waals surface area contributed by atoms with E-state index in [0.29, 0.717) is 36.8 Å². The Morgan fingerprint density at radius 2 is 2.26 bits per heavy atom. The predicted octanol–water partition coefficient (Wildman–Crippen LogP) is 1.51. The van der Waals surface area contributed by atoms with Crippen LogP contribution in [0.3, 0.4) is 0 Å². The minimum absolute atomic E-state index is 0.00252. The maximum absolute atomic E-state index is 12.5. The minimum atomic E-state index is -0.0585. The lowest BCUT2D eigenvalue weighted by atomic mass is 10.3. The summed E-state index contributed by atoms with van der Waals surface area (Å²) >= 11 is 5.98. The number of aryl methyl sites for hydroxylation is 1. The number of aromatic nitrogens is 1. The van der Waals surface area contributed by atoms with Gasteiger partial charge in [-0.3, -0.25) is 9.59 Å². The Bertz CT molecular complexity index is 484. The summed E-state index contributed by atoms with van der Waals surface area (Å²) in [6.45, 7) is 4.32. The summed E-state index contributed by atoms with van der Waals surface area (Å²) in [5.74, 6) is -0.0610. The van der Waals surface area contributed by atoms with Crippen molar-refractivity contribution >= 4 is 23.4 Å². The van der Waals surface area contributed by atoms with Gasteiger partial charge in [-0.15, -0.1) is 0 Å². The molecule has 1 aliphatic heterocycles. The molecule has 5 nitrogen and oxygen atoms in total. The highest BCUT2D eigenvalue weighted by Crippen LogP contribution is 2.17. The minimum Gasteiger partial charge on any atom is -0.354 e. The monoisotopic (exact) mass is 283 g/mol. The lowest BCUT2D eigenvalue weighted by Crippen LogP contribution is -2.35. The van der Waals surface area contributed by atoms with Crippen LogP contribution in [0.2, 0.25) is 5.02 Å². The van der Waals surface area contributed by atoms with Gasteiger partial charge in [-0.1, -0.05) is 18.5 Å². The van der Waals surface area contributed by atoms with E-state index in [4.69, 9.17) is 11.6 Å². The molecule has 0 spiro atoms. The van der Waals surface area contributed by atoms with Gasteiger partial charge in [-0.2, -0.15) is 0 Å². The van der Waals surface area contributed by atoms with E-state index in [1.807, 2.05) is 4.57 Å². The third kappa shape index (κ3) is 3.29. The molecule has 0 radical (unpaired) electrons. The number of rotatable bonds is 3. The van der Waals surface area contributed by atoms with Crippen molar-refractivity contribution < 1.29 is 9.59 Å². The molecular weight excluding hydrogens is 266 g/mol. The maximum atomic E-state index is 12.5. The van der Waals surface area contributed by atoms with Gasteiger partial charge < -0.3 is 14.8 Å². The molecule has 0 unspecified atom stereocenters. The molecule has 1 aromatic heterocycles. The van der Waals surface area contributed by atoms with E-state index >= 15 is 0 Å². The smallest absolute Gasteiger partial charge is 0.270 e. The van der Waals surface area contributed by atoms with E-state index in [0.717, 1.165) is 13.0 Å². The second-order valence-corrected chi connectivity index (χ2v) is 5.07. The van der Waals surface area contributed by atoms with Crippen molar-refractivity contribution in [2.75, 3.05) is 19.6 Å². The highest BCUT2D eigenvalue weighted by molar-refractivity contribution is 6.31. The van der Waals surface area contributed by atoms with Crippen LogP contribution in [0.5, 0.6) is 0 Å². The largest absolute Gasteiger partial charge is 0.354 e. The van der Waals surface area contributed by atoms with Crippen molar-refractivity contribution in [1.29, 1.82) is 0 Å². The number of nitrogens with zero attached hydrogens (tertiary/aromatic N) is 2. The molecule has 0 aliphatic carbocycles. The topological polar surface area (TPSA) is 54.3 Å². The summed E-state index contributed by atoms with van der Waals surface area (Å²) in [7, 11) is 0. The molecule has 104 valence electrons. The summed E-state index contributed by atoms with van der Waals surface area (Å²) < 4.78 is 1.88. The molecule has 6 heteroatoms. The van der Waals surface area contributed by atoms with Crippen LogP contribution in [0, 0.1) is 0 Å². The van der Waals surface area contributed by atoms with Gasteiger partial charge in [-0.05, 0) is 12.5 Å². The van der Waals surface area contributed by atoms with Gasteiger partial charge in [-0.25, -0.2) is 0 Å². The zero-order chi connectivity index (χ0) is 13.8. The summed E-state index contributed by atoms with van der Waals surface area (Å²) in [6, 6.07) is 1.69. The fraction of sp³-hybridized carbons (Fsp3) is 0.538. The SMILES string of the molecule is CCCn1cc(Cl)cc1C(=O)N1CCNC(=O)CC1. The average molecular weight is 284 g/mol. The Balaban J connectivity index is 2.16. The summed E-state index contributed by atoms with van der Waals surface area (Å²) in [6.07, 6.45) is 3.07. The molecule has 2 heterocycles. The molecule has 0 aromatic carbocycles. The molecule has 2 rings (SSSR count). The van der Waals surface area contributed by atoms with Crippen molar-refractivity contribution in [3.8, 4) is 0 Å². The van der Waals surface area contributed by atoms with E-state index in [-0.39, 0.29) is 11.8 Å². The molecule has 0 atom stereocenters. The van der Waals surface area contributed by atoms with Gasteiger partial charge in [0, 0.05) is 38.8 Å². The van der Waals surface area contributed by atoms with Crippen molar-refractivity contribution in [2.45, 2.75) is 26.3 Å². The molecule has 2 amide bonds. The van der Waals surface area contributed by atoms with Crippen LogP contribution in [0.15, 0.2) is 12.3 Å². The third-order valence-electron chi connectivity index (χ3n) is 3.15. The Morgan fingerprint density at radius 1 is 1.47 bits per heavy atom. The number of carbonyl (C=O) groups excluding carboxylic acids is 2. The summed E-state index contributed by atoms with van der Waals surface area (Å²) in [5, 5.41) is 3.33. The fourth-order valence-electron chi connectivity index (χ4n) is 2.21. The zero-order valence-corrected chi connectivity index (χ0v) is 11.7. The van der Waals surface area contributed by atoms with Crippen LogP contribution in [0.4, 0.5) is 0 Å². The fourth-order valence-corrected chi connectivity index (χ4v) is 2.43. The van der Waals surface area contributed by atoms with E-state index < -0.39 is 0 Å².